The van der Waals surface area contributed by atoms with Gasteiger partial charge in [-0.05, 0) is 6.42 Å². The minimum atomic E-state index is -0.360. The first kappa shape index (κ1) is 19.6. The Labute approximate surface area is 137 Å². The Morgan fingerprint density at radius 2 is 1.70 bits per heavy atom. The first-order valence-electron chi connectivity index (χ1n) is 7.73. The summed E-state index contributed by atoms with van der Waals surface area (Å²) in [6.45, 7) is 4.60. The number of hydrogen-bond donors (Lipinski definition) is 1. The summed E-state index contributed by atoms with van der Waals surface area (Å²) < 4.78 is 17.2. The number of aryl methyl sites for hydroxylation is 1. The van der Waals surface area contributed by atoms with E-state index in [1.54, 1.807) is 21.3 Å². The van der Waals surface area contributed by atoms with Gasteiger partial charge < -0.3 is 23.9 Å². The number of ether oxygens (including phenoxy) is 3. The van der Waals surface area contributed by atoms with Crippen LogP contribution in [-0.4, -0.2) is 68.8 Å². The second kappa shape index (κ2) is 11.2. The van der Waals surface area contributed by atoms with E-state index in [-0.39, 0.29) is 11.2 Å². The van der Waals surface area contributed by atoms with Crippen LogP contribution in [0.25, 0.3) is 0 Å². The third kappa shape index (κ3) is 7.13. The van der Waals surface area contributed by atoms with Crippen molar-refractivity contribution in [2.45, 2.75) is 19.5 Å². The maximum atomic E-state index is 11.8. The Hall–Kier alpha value is -1.41. The summed E-state index contributed by atoms with van der Waals surface area (Å²) in [4.78, 5) is 13.9. The fraction of sp³-hybridized carbons (Fsp3) is 0.688. The third-order valence-corrected chi connectivity index (χ3v) is 3.55. The van der Waals surface area contributed by atoms with Gasteiger partial charge in [0, 0.05) is 65.9 Å². The highest BCUT2D eigenvalue weighted by atomic mass is 16.5. The highest BCUT2D eigenvalue weighted by Gasteiger charge is 2.11. The number of pyridine rings is 1. The third-order valence-electron chi connectivity index (χ3n) is 3.55. The lowest BCUT2D eigenvalue weighted by molar-refractivity contribution is 0.108. The zero-order chi connectivity index (χ0) is 17.1. The maximum absolute atomic E-state index is 11.8. The van der Waals surface area contributed by atoms with Crippen LogP contribution in [-0.2, 0) is 27.3 Å². The molecule has 0 aliphatic heterocycles. The summed E-state index contributed by atoms with van der Waals surface area (Å²) in [6.07, 6.45) is 2.31. The fourth-order valence-corrected chi connectivity index (χ4v) is 2.27. The van der Waals surface area contributed by atoms with Crippen molar-refractivity contribution in [1.82, 2.24) is 9.47 Å². The lowest BCUT2D eigenvalue weighted by Crippen LogP contribution is -2.32. The van der Waals surface area contributed by atoms with Crippen LogP contribution >= 0.6 is 0 Å². The van der Waals surface area contributed by atoms with E-state index >= 15 is 0 Å². The summed E-state index contributed by atoms with van der Waals surface area (Å²) in [6, 6.07) is 1.49. The lowest BCUT2D eigenvalue weighted by atomic mass is 10.2. The largest absolute Gasteiger partial charge is 0.503 e. The van der Waals surface area contributed by atoms with Crippen LogP contribution in [0.2, 0.25) is 0 Å². The van der Waals surface area contributed by atoms with Gasteiger partial charge in [-0.2, -0.15) is 0 Å². The van der Waals surface area contributed by atoms with Crippen LogP contribution in [0.3, 0.4) is 0 Å². The van der Waals surface area contributed by atoms with Crippen molar-refractivity contribution in [3.05, 3.63) is 28.2 Å². The van der Waals surface area contributed by atoms with Gasteiger partial charge in [0.1, 0.15) is 0 Å². The van der Waals surface area contributed by atoms with Gasteiger partial charge in [0.15, 0.2) is 5.75 Å². The van der Waals surface area contributed by atoms with Gasteiger partial charge in [-0.3, -0.25) is 9.69 Å². The second-order valence-electron chi connectivity index (χ2n) is 5.32. The van der Waals surface area contributed by atoms with Crippen molar-refractivity contribution in [2.24, 2.45) is 0 Å². The van der Waals surface area contributed by atoms with Crippen molar-refractivity contribution in [3.63, 3.8) is 0 Å². The number of nitrogens with zero attached hydrogens (tertiary/aromatic N) is 2. The molecular weight excluding hydrogens is 300 g/mol. The Kier molecular flexibility index (Phi) is 9.54. The van der Waals surface area contributed by atoms with E-state index in [4.69, 9.17) is 14.2 Å². The van der Waals surface area contributed by atoms with Gasteiger partial charge in [-0.15, -0.1) is 0 Å². The van der Waals surface area contributed by atoms with Crippen molar-refractivity contribution < 1.29 is 19.3 Å². The molecule has 7 nitrogen and oxygen atoms in total. The van der Waals surface area contributed by atoms with Gasteiger partial charge in [-0.25, -0.2) is 0 Å². The van der Waals surface area contributed by atoms with Crippen LogP contribution in [0.1, 0.15) is 12.1 Å². The molecule has 1 heterocycles. The first-order chi connectivity index (χ1) is 11.1. The van der Waals surface area contributed by atoms with Crippen LogP contribution in [0.15, 0.2) is 17.1 Å². The molecule has 1 aromatic heterocycles. The molecule has 0 unspecified atom stereocenters. The SMILES string of the molecule is COCCCn1cc(O)c(=O)cc1CN(CCOC)CCOC. The summed E-state index contributed by atoms with van der Waals surface area (Å²) in [5.41, 5.74) is 0.498. The molecule has 132 valence electrons. The fourth-order valence-electron chi connectivity index (χ4n) is 2.27. The Balaban J connectivity index is 2.87. The van der Waals surface area contributed by atoms with E-state index in [2.05, 4.69) is 4.90 Å². The van der Waals surface area contributed by atoms with Crippen LogP contribution in [0.5, 0.6) is 5.75 Å². The molecular formula is C16H28N2O5. The molecule has 0 amide bonds. The van der Waals surface area contributed by atoms with Gasteiger partial charge in [0.2, 0.25) is 5.43 Å². The topological polar surface area (TPSA) is 73.2 Å². The van der Waals surface area contributed by atoms with E-state index in [0.29, 0.717) is 32.9 Å². The Morgan fingerprint density at radius 1 is 1.09 bits per heavy atom. The van der Waals surface area contributed by atoms with E-state index in [1.165, 1.54) is 12.3 Å². The molecule has 0 bridgehead atoms. The minimum Gasteiger partial charge on any atom is -0.503 e. The Bertz CT molecular complexity index is 496. The molecule has 0 atom stereocenters. The predicted octanol–water partition coefficient (Wildman–Crippen LogP) is 0.685. The molecule has 0 spiro atoms. The van der Waals surface area contributed by atoms with Gasteiger partial charge in [-0.1, -0.05) is 0 Å². The molecule has 1 rings (SSSR count). The highest BCUT2D eigenvalue weighted by molar-refractivity contribution is 5.20. The molecule has 0 aliphatic carbocycles. The molecule has 1 N–H and O–H groups in total. The first-order valence-corrected chi connectivity index (χ1v) is 7.73. The molecule has 0 fully saturated rings. The lowest BCUT2D eigenvalue weighted by Gasteiger charge is -2.24. The van der Waals surface area contributed by atoms with Crippen molar-refractivity contribution in [1.29, 1.82) is 0 Å². The van der Waals surface area contributed by atoms with E-state index in [1.807, 2.05) is 4.57 Å². The monoisotopic (exact) mass is 328 g/mol. The number of aromatic hydroxyl groups is 1. The average molecular weight is 328 g/mol. The summed E-state index contributed by atoms with van der Waals surface area (Å²) in [7, 11) is 4.98. The van der Waals surface area contributed by atoms with Crippen LogP contribution < -0.4 is 5.43 Å². The second-order valence-corrected chi connectivity index (χ2v) is 5.32. The number of aromatic nitrogens is 1. The van der Waals surface area contributed by atoms with Gasteiger partial charge in [0.05, 0.1) is 19.4 Å². The summed E-state index contributed by atoms with van der Waals surface area (Å²) in [5.74, 6) is -0.230. The normalized spacial score (nSPS) is 11.3. The molecule has 0 radical (unpaired) electrons. The van der Waals surface area contributed by atoms with Crippen molar-refractivity contribution in [2.75, 3.05) is 54.2 Å². The van der Waals surface area contributed by atoms with Gasteiger partial charge >= 0.3 is 0 Å². The molecule has 7 heteroatoms. The molecule has 23 heavy (non-hydrogen) atoms. The zero-order valence-corrected chi connectivity index (χ0v) is 14.3. The van der Waals surface area contributed by atoms with Gasteiger partial charge in [0.25, 0.3) is 0 Å². The quantitative estimate of drug-likeness (QED) is 0.569. The predicted molar refractivity (Wildman–Crippen MR) is 87.9 cm³/mol. The zero-order valence-electron chi connectivity index (χ0n) is 14.3. The standard InChI is InChI=1S/C16H28N2O5/c1-21-8-4-5-18-13-16(20)15(19)11-14(18)12-17(6-9-22-2)7-10-23-3/h11,13,20H,4-10,12H2,1-3H3. The van der Waals surface area contributed by atoms with Crippen LogP contribution in [0.4, 0.5) is 0 Å². The van der Waals surface area contributed by atoms with E-state index in [9.17, 15) is 9.90 Å². The van der Waals surface area contributed by atoms with E-state index in [0.717, 1.165) is 25.2 Å². The molecule has 0 aromatic carbocycles. The molecule has 0 saturated heterocycles. The van der Waals surface area contributed by atoms with Crippen LogP contribution in [0, 0.1) is 0 Å². The average Bonchev–Trinajstić information content (AvgIpc) is 2.54. The summed E-state index contributed by atoms with van der Waals surface area (Å²) >= 11 is 0. The van der Waals surface area contributed by atoms with Crippen molar-refractivity contribution >= 4 is 0 Å². The summed E-state index contributed by atoms with van der Waals surface area (Å²) in [5, 5.41) is 9.68. The molecule has 1 aromatic rings. The number of hydrogen-bond acceptors (Lipinski definition) is 6. The van der Waals surface area contributed by atoms with E-state index < -0.39 is 0 Å². The van der Waals surface area contributed by atoms with Crippen molar-refractivity contribution in [3.8, 4) is 5.75 Å². The smallest absolute Gasteiger partial charge is 0.223 e. The number of methoxy groups -OCH3 is 3. The molecule has 0 aliphatic rings. The Morgan fingerprint density at radius 3 is 2.26 bits per heavy atom. The minimum absolute atomic E-state index is 0.230. The highest BCUT2D eigenvalue weighted by Crippen LogP contribution is 2.09. The maximum Gasteiger partial charge on any atom is 0.223 e. The number of rotatable bonds is 12. The molecule has 0 saturated carbocycles.